The molecule has 0 aliphatic heterocycles. The van der Waals surface area contributed by atoms with E-state index in [2.05, 4.69) is 10.3 Å². The molecule has 19 heavy (non-hydrogen) atoms. The first-order valence-corrected chi connectivity index (χ1v) is 5.83. The van der Waals surface area contributed by atoms with Crippen molar-refractivity contribution >= 4 is 11.7 Å². The largest absolute Gasteiger partial charge is 0.478 e. The number of carboxylic acids is 1. The fraction of sp³-hybridized carbons (Fsp3) is 0.231. The van der Waals surface area contributed by atoms with Crippen molar-refractivity contribution in [2.75, 3.05) is 11.9 Å². The molecule has 0 saturated heterocycles. The number of aromatic nitrogens is 1. The summed E-state index contributed by atoms with van der Waals surface area (Å²) in [6, 6.07) is 5.10. The van der Waals surface area contributed by atoms with Crippen molar-refractivity contribution in [3.05, 3.63) is 42.0 Å². The normalized spacial score (nSPS) is 10.2. The number of carbonyl (C=O) groups is 1. The summed E-state index contributed by atoms with van der Waals surface area (Å²) >= 11 is 0. The highest BCUT2D eigenvalue weighted by Gasteiger charge is 2.09. The summed E-state index contributed by atoms with van der Waals surface area (Å²) in [5.41, 5.74) is 0.866. The Bertz CT molecular complexity index is 565. The van der Waals surface area contributed by atoms with Crippen molar-refractivity contribution in [2.45, 2.75) is 13.5 Å². The van der Waals surface area contributed by atoms with Gasteiger partial charge in [-0.3, -0.25) is 0 Å². The molecule has 100 valence electrons. The van der Waals surface area contributed by atoms with Crippen LogP contribution in [0, 0.1) is 0 Å². The molecule has 0 unspecified atom stereocenters. The first kappa shape index (κ1) is 12.9. The van der Waals surface area contributed by atoms with Gasteiger partial charge in [0.05, 0.1) is 24.4 Å². The van der Waals surface area contributed by atoms with E-state index < -0.39 is 5.97 Å². The van der Waals surface area contributed by atoms with Crippen molar-refractivity contribution in [3.8, 4) is 5.88 Å². The van der Waals surface area contributed by atoms with E-state index in [0.717, 1.165) is 5.69 Å². The molecule has 0 saturated carbocycles. The SMILES string of the molecule is CCOc1ncccc1NCc1cc(C(=O)O)co1. The fourth-order valence-electron chi connectivity index (χ4n) is 1.54. The van der Waals surface area contributed by atoms with E-state index in [0.29, 0.717) is 24.8 Å². The number of nitrogens with one attached hydrogen (secondary N) is 1. The number of aromatic carboxylic acids is 1. The third-order valence-corrected chi connectivity index (χ3v) is 2.41. The van der Waals surface area contributed by atoms with Gasteiger partial charge in [0, 0.05) is 6.20 Å². The molecule has 0 amide bonds. The number of hydrogen-bond acceptors (Lipinski definition) is 5. The van der Waals surface area contributed by atoms with E-state index >= 15 is 0 Å². The van der Waals surface area contributed by atoms with Crippen LogP contribution in [0.4, 0.5) is 5.69 Å². The van der Waals surface area contributed by atoms with Crippen LogP contribution in [-0.2, 0) is 6.54 Å². The summed E-state index contributed by atoms with van der Waals surface area (Å²) in [7, 11) is 0. The van der Waals surface area contributed by atoms with Crippen molar-refractivity contribution in [1.82, 2.24) is 4.98 Å². The van der Waals surface area contributed by atoms with Gasteiger partial charge in [-0.1, -0.05) is 0 Å². The second kappa shape index (κ2) is 5.90. The summed E-state index contributed by atoms with van der Waals surface area (Å²) in [6.07, 6.45) is 2.86. The van der Waals surface area contributed by atoms with Crippen LogP contribution in [0.25, 0.3) is 0 Å². The van der Waals surface area contributed by atoms with Gasteiger partial charge in [0.25, 0.3) is 0 Å². The van der Waals surface area contributed by atoms with E-state index in [1.807, 2.05) is 13.0 Å². The summed E-state index contributed by atoms with van der Waals surface area (Å²) in [5, 5.41) is 11.9. The van der Waals surface area contributed by atoms with Crippen molar-refractivity contribution in [3.63, 3.8) is 0 Å². The maximum Gasteiger partial charge on any atom is 0.338 e. The number of nitrogens with zero attached hydrogens (tertiary/aromatic N) is 1. The number of anilines is 1. The summed E-state index contributed by atoms with van der Waals surface area (Å²) in [4.78, 5) is 14.8. The third kappa shape index (κ3) is 3.25. The lowest BCUT2D eigenvalue weighted by atomic mass is 10.3. The molecule has 2 aromatic rings. The zero-order valence-electron chi connectivity index (χ0n) is 10.4. The molecule has 0 aliphatic carbocycles. The number of furan rings is 1. The van der Waals surface area contributed by atoms with E-state index in [4.69, 9.17) is 14.3 Å². The summed E-state index contributed by atoms with van der Waals surface area (Å²) < 4.78 is 10.5. The van der Waals surface area contributed by atoms with Crippen molar-refractivity contribution in [1.29, 1.82) is 0 Å². The molecular weight excluding hydrogens is 248 g/mol. The maximum absolute atomic E-state index is 10.7. The van der Waals surface area contributed by atoms with Gasteiger partial charge >= 0.3 is 5.97 Å². The third-order valence-electron chi connectivity index (χ3n) is 2.41. The zero-order valence-corrected chi connectivity index (χ0v) is 10.4. The predicted octanol–water partition coefficient (Wildman–Crippen LogP) is 2.38. The van der Waals surface area contributed by atoms with Gasteiger partial charge < -0.3 is 19.6 Å². The smallest absolute Gasteiger partial charge is 0.338 e. The average molecular weight is 262 g/mol. The minimum absolute atomic E-state index is 0.132. The molecule has 6 heteroatoms. The molecule has 2 heterocycles. The van der Waals surface area contributed by atoms with Gasteiger partial charge in [-0.25, -0.2) is 9.78 Å². The molecule has 0 aromatic carbocycles. The molecule has 2 rings (SSSR count). The second-order valence-corrected chi connectivity index (χ2v) is 3.75. The number of ether oxygens (including phenoxy) is 1. The Morgan fingerprint density at radius 3 is 3.11 bits per heavy atom. The van der Waals surface area contributed by atoms with Crippen LogP contribution < -0.4 is 10.1 Å². The highest BCUT2D eigenvalue weighted by atomic mass is 16.5. The topological polar surface area (TPSA) is 84.6 Å². The van der Waals surface area contributed by atoms with Crippen LogP contribution in [0.1, 0.15) is 23.0 Å². The molecule has 0 atom stereocenters. The molecule has 0 radical (unpaired) electrons. The highest BCUT2D eigenvalue weighted by molar-refractivity contribution is 5.87. The summed E-state index contributed by atoms with van der Waals surface area (Å²) in [6.45, 7) is 2.76. The Hall–Kier alpha value is -2.50. The van der Waals surface area contributed by atoms with E-state index in [1.54, 1.807) is 12.3 Å². The first-order valence-electron chi connectivity index (χ1n) is 5.83. The Balaban J connectivity index is 2.03. The van der Waals surface area contributed by atoms with Crippen molar-refractivity contribution in [2.24, 2.45) is 0 Å². The maximum atomic E-state index is 10.7. The monoisotopic (exact) mass is 262 g/mol. The lowest BCUT2D eigenvalue weighted by Crippen LogP contribution is -2.03. The Kier molecular flexibility index (Phi) is 4.02. The Morgan fingerprint density at radius 1 is 1.58 bits per heavy atom. The van der Waals surface area contributed by atoms with Crippen LogP contribution in [-0.4, -0.2) is 22.7 Å². The van der Waals surface area contributed by atoms with Gasteiger partial charge in [0.1, 0.15) is 12.0 Å². The van der Waals surface area contributed by atoms with Crippen LogP contribution in [0.15, 0.2) is 35.1 Å². The Labute approximate surface area is 110 Å². The van der Waals surface area contributed by atoms with Gasteiger partial charge in [-0.05, 0) is 25.1 Å². The minimum atomic E-state index is -1.01. The highest BCUT2D eigenvalue weighted by Crippen LogP contribution is 2.21. The average Bonchev–Trinajstić information content (AvgIpc) is 2.87. The van der Waals surface area contributed by atoms with Crippen LogP contribution in [0.5, 0.6) is 5.88 Å². The Morgan fingerprint density at radius 2 is 2.42 bits per heavy atom. The predicted molar refractivity (Wildman–Crippen MR) is 68.4 cm³/mol. The lowest BCUT2D eigenvalue weighted by Gasteiger charge is -2.09. The number of rotatable bonds is 6. The molecule has 0 spiro atoms. The lowest BCUT2D eigenvalue weighted by molar-refractivity contribution is 0.0696. The minimum Gasteiger partial charge on any atom is -0.478 e. The van der Waals surface area contributed by atoms with E-state index in [-0.39, 0.29) is 5.56 Å². The molecule has 2 aromatic heterocycles. The molecule has 0 bridgehead atoms. The molecule has 0 fully saturated rings. The second-order valence-electron chi connectivity index (χ2n) is 3.75. The van der Waals surface area contributed by atoms with Crippen molar-refractivity contribution < 1.29 is 19.1 Å². The zero-order chi connectivity index (χ0) is 13.7. The summed E-state index contributed by atoms with van der Waals surface area (Å²) in [5.74, 6) is 0.0325. The molecule has 0 aliphatic rings. The van der Waals surface area contributed by atoms with Crippen LogP contribution >= 0.6 is 0 Å². The standard InChI is InChI=1S/C13H14N2O4/c1-2-18-12-11(4-3-5-14-12)15-7-10-6-9(8-19-10)13(16)17/h3-6,8,15H,2,7H2,1H3,(H,16,17). The quantitative estimate of drug-likeness (QED) is 0.831. The molecule has 2 N–H and O–H groups in total. The van der Waals surface area contributed by atoms with Gasteiger partial charge in [-0.15, -0.1) is 0 Å². The number of carboxylic acid groups (broad SMARTS) is 1. The first-order chi connectivity index (χ1) is 9.20. The number of hydrogen-bond donors (Lipinski definition) is 2. The fourth-order valence-corrected chi connectivity index (χ4v) is 1.54. The van der Waals surface area contributed by atoms with Gasteiger partial charge in [-0.2, -0.15) is 0 Å². The van der Waals surface area contributed by atoms with E-state index in [1.165, 1.54) is 12.3 Å². The van der Waals surface area contributed by atoms with E-state index in [9.17, 15) is 4.79 Å². The van der Waals surface area contributed by atoms with Crippen LogP contribution in [0.3, 0.4) is 0 Å². The van der Waals surface area contributed by atoms with Gasteiger partial charge in [0.15, 0.2) is 0 Å². The van der Waals surface area contributed by atoms with Crippen LogP contribution in [0.2, 0.25) is 0 Å². The molecular formula is C13H14N2O4. The number of pyridine rings is 1. The molecule has 6 nitrogen and oxygen atoms in total. The van der Waals surface area contributed by atoms with Gasteiger partial charge in [0.2, 0.25) is 5.88 Å².